The largest absolute Gasteiger partial charge is 0.486 e. The molecule has 1 aliphatic rings. The molecule has 3 aromatic rings. The van der Waals surface area contributed by atoms with E-state index in [0.717, 1.165) is 0 Å². The molecule has 1 heterocycles. The van der Waals surface area contributed by atoms with Crippen LogP contribution in [0.1, 0.15) is 16.7 Å². The molecule has 0 saturated heterocycles. The van der Waals surface area contributed by atoms with Crippen molar-refractivity contribution in [3.8, 4) is 5.75 Å². The quantitative estimate of drug-likeness (QED) is 0.273. The average Bonchev–Trinajstić information content (AvgIpc) is 3.09. The van der Waals surface area contributed by atoms with E-state index in [1.165, 1.54) is 24.3 Å². The summed E-state index contributed by atoms with van der Waals surface area (Å²) in [7, 11) is 0. The average molecular weight is 549 g/mol. The van der Waals surface area contributed by atoms with Gasteiger partial charge in [0.05, 0.1) is 8.95 Å². The molecule has 0 unspecified atom stereocenters. The van der Waals surface area contributed by atoms with Gasteiger partial charge in [-0.3, -0.25) is 0 Å². The molecule has 0 N–H and O–H groups in total. The lowest BCUT2D eigenvalue weighted by molar-refractivity contribution is -0.129. The second-order valence-corrected chi connectivity index (χ2v) is 8.25. The fourth-order valence-corrected chi connectivity index (χ4v) is 4.33. The molecular weight excluding hydrogens is 536 g/mol. The van der Waals surface area contributed by atoms with E-state index >= 15 is 0 Å². The molecule has 0 radical (unpaired) electrons. The minimum atomic E-state index is -0.633. The molecule has 4 nitrogen and oxygen atoms in total. The number of rotatable bonds is 5. The van der Waals surface area contributed by atoms with Gasteiger partial charge in [-0.1, -0.05) is 24.3 Å². The summed E-state index contributed by atoms with van der Waals surface area (Å²) in [6, 6.07) is 15.5. The van der Waals surface area contributed by atoms with Gasteiger partial charge >= 0.3 is 5.97 Å². The van der Waals surface area contributed by atoms with Gasteiger partial charge in [0.25, 0.3) is 0 Å². The molecule has 0 aliphatic carbocycles. The molecule has 4 rings (SSSR count). The van der Waals surface area contributed by atoms with Crippen LogP contribution >= 0.6 is 31.9 Å². The van der Waals surface area contributed by atoms with Crippen molar-refractivity contribution in [1.82, 2.24) is 0 Å². The van der Waals surface area contributed by atoms with Gasteiger partial charge in [0.1, 0.15) is 24.0 Å². The highest BCUT2D eigenvalue weighted by Gasteiger charge is 2.24. The Labute approximate surface area is 193 Å². The summed E-state index contributed by atoms with van der Waals surface area (Å²) in [6.45, 7) is 0.0535. The number of carbonyl (C=O) groups excluding carboxylic acids is 1. The van der Waals surface area contributed by atoms with Crippen LogP contribution in [0.2, 0.25) is 0 Å². The zero-order valence-corrected chi connectivity index (χ0v) is 18.9. The molecule has 0 saturated carbocycles. The van der Waals surface area contributed by atoms with E-state index in [1.807, 2.05) is 0 Å². The van der Waals surface area contributed by atoms with Crippen LogP contribution in [0, 0.1) is 11.6 Å². The van der Waals surface area contributed by atoms with Gasteiger partial charge in [-0.2, -0.15) is 0 Å². The minimum absolute atomic E-state index is 0.0405. The molecule has 0 amide bonds. The van der Waals surface area contributed by atoms with Gasteiger partial charge in [0, 0.05) is 11.1 Å². The Hall–Kier alpha value is -2.84. The van der Waals surface area contributed by atoms with Crippen molar-refractivity contribution in [3.63, 3.8) is 0 Å². The van der Waals surface area contributed by atoms with Crippen molar-refractivity contribution in [2.24, 2.45) is 4.99 Å². The first-order valence-corrected chi connectivity index (χ1v) is 10.6. The SMILES string of the molecule is O=C1OC(c2cccc(F)c2)=N/C1=C\c1cc(Br)c(OCc2ccccc2F)c(Br)c1. The summed E-state index contributed by atoms with van der Waals surface area (Å²) in [5.74, 6) is -0.899. The molecule has 3 aromatic carbocycles. The van der Waals surface area contributed by atoms with Crippen molar-refractivity contribution in [3.05, 3.63) is 104 Å². The van der Waals surface area contributed by atoms with Crippen LogP contribution in [0.15, 0.2) is 80.3 Å². The molecule has 0 atom stereocenters. The minimum Gasteiger partial charge on any atom is -0.486 e. The fraction of sp³-hybridized carbons (Fsp3) is 0.0435. The van der Waals surface area contributed by atoms with E-state index < -0.39 is 11.8 Å². The number of carbonyl (C=O) groups is 1. The van der Waals surface area contributed by atoms with E-state index in [0.29, 0.717) is 31.4 Å². The number of esters is 1. The van der Waals surface area contributed by atoms with E-state index in [9.17, 15) is 13.6 Å². The summed E-state index contributed by atoms with van der Waals surface area (Å²) >= 11 is 6.88. The third-order valence-corrected chi connectivity index (χ3v) is 5.52. The highest BCUT2D eigenvalue weighted by molar-refractivity contribution is 9.11. The van der Waals surface area contributed by atoms with Gasteiger partial charge in [0.15, 0.2) is 5.70 Å². The Kier molecular flexibility index (Phi) is 6.29. The van der Waals surface area contributed by atoms with Gasteiger partial charge in [-0.15, -0.1) is 0 Å². The molecule has 0 fully saturated rings. The number of aliphatic imine (C=N–C) groups is 1. The summed E-state index contributed by atoms with van der Waals surface area (Å²) in [6.07, 6.45) is 1.55. The Bertz CT molecular complexity index is 1220. The number of nitrogens with zero attached hydrogens (tertiary/aromatic N) is 1. The molecule has 8 heteroatoms. The van der Waals surface area contributed by atoms with Crippen molar-refractivity contribution in [2.45, 2.75) is 6.61 Å². The lowest BCUT2D eigenvalue weighted by Crippen LogP contribution is -2.05. The van der Waals surface area contributed by atoms with Crippen LogP contribution < -0.4 is 4.74 Å². The first-order chi connectivity index (χ1) is 14.9. The molecule has 0 spiro atoms. The second-order valence-electron chi connectivity index (χ2n) is 6.54. The highest BCUT2D eigenvalue weighted by Crippen LogP contribution is 2.36. The topological polar surface area (TPSA) is 47.9 Å². The van der Waals surface area contributed by atoms with Crippen molar-refractivity contribution in [2.75, 3.05) is 0 Å². The number of hydrogen-bond acceptors (Lipinski definition) is 4. The van der Waals surface area contributed by atoms with Crippen LogP contribution in [0.3, 0.4) is 0 Å². The lowest BCUT2D eigenvalue weighted by Gasteiger charge is -2.12. The van der Waals surface area contributed by atoms with Crippen LogP contribution in [-0.2, 0) is 16.1 Å². The molecule has 0 bridgehead atoms. The predicted molar refractivity (Wildman–Crippen MR) is 120 cm³/mol. The fourth-order valence-electron chi connectivity index (χ4n) is 2.88. The summed E-state index contributed by atoms with van der Waals surface area (Å²) < 4.78 is 39.4. The maximum atomic E-state index is 13.8. The van der Waals surface area contributed by atoms with E-state index in [1.54, 1.807) is 42.5 Å². The Morgan fingerprint density at radius 3 is 2.45 bits per heavy atom. The van der Waals surface area contributed by atoms with Crippen molar-refractivity contribution < 1.29 is 23.0 Å². The molecule has 156 valence electrons. The molecule has 31 heavy (non-hydrogen) atoms. The molecular formula is C23H13Br2F2NO3. The third kappa shape index (κ3) is 4.91. The molecule has 1 aliphatic heterocycles. The summed E-state index contributed by atoms with van der Waals surface area (Å²) in [5.41, 5.74) is 1.53. The number of ether oxygens (including phenoxy) is 2. The van der Waals surface area contributed by atoms with Gasteiger partial charge < -0.3 is 9.47 Å². The van der Waals surface area contributed by atoms with Crippen molar-refractivity contribution in [1.29, 1.82) is 0 Å². The number of halogens is 4. The van der Waals surface area contributed by atoms with Gasteiger partial charge in [0.2, 0.25) is 5.90 Å². The first kappa shape index (κ1) is 21.4. The summed E-state index contributed by atoms with van der Waals surface area (Å²) in [4.78, 5) is 16.4. The summed E-state index contributed by atoms with van der Waals surface area (Å²) in [5, 5.41) is 0. The number of hydrogen-bond donors (Lipinski definition) is 0. The Morgan fingerprint density at radius 1 is 1.00 bits per heavy atom. The highest BCUT2D eigenvalue weighted by atomic mass is 79.9. The van der Waals surface area contributed by atoms with Gasteiger partial charge in [-0.05, 0) is 79.9 Å². The Morgan fingerprint density at radius 2 is 1.74 bits per heavy atom. The monoisotopic (exact) mass is 547 g/mol. The van der Waals surface area contributed by atoms with E-state index in [2.05, 4.69) is 36.9 Å². The van der Waals surface area contributed by atoms with Crippen LogP contribution in [0.4, 0.5) is 8.78 Å². The number of benzene rings is 3. The standard InChI is InChI=1S/C23H13Br2F2NO3/c24-17-8-13(9-18(25)21(17)30-12-15-4-1-2-7-19(15)27)10-20-23(29)31-22(28-20)14-5-3-6-16(26)11-14/h1-11H,12H2/b20-10-. The maximum absolute atomic E-state index is 13.8. The molecule has 0 aromatic heterocycles. The van der Waals surface area contributed by atoms with Crippen molar-refractivity contribution >= 4 is 49.8 Å². The maximum Gasteiger partial charge on any atom is 0.363 e. The predicted octanol–water partition coefficient (Wildman–Crippen LogP) is 6.41. The zero-order chi connectivity index (χ0) is 22.0. The normalized spacial score (nSPS) is 14.5. The zero-order valence-electron chi connectivity index (χ0n) is 15.7. The van der Waals surface area contributed by atoms with Gasteiger partial charge in [-0.25, -0.2) is 18.6 Å². The first-order valence-electron chi connectivity index (χ1n) is 9.04. The van der Waals surface area contributed by atoms with E-state index in [4.69, 9.17) is 9.47 Å². The second kappa shape index (κ2) is 9.11. The lowest BCUT2D eigenvalue weighted by atomic mass is 10.2. The number of cyclic esters (lactones) is 1. The van der Waals surface area contributed by atoms with Crippen LogP contribution in [0.25, 0.3) is 6.08 Å². The third-order valence-electron chi connectivity index (χ3n) is 4.35. The van der Waals surface area contributed by atoms with Crippen LogP contribution in [-0.4, -0.2) is 11.9 Å². The van der Waals surface area contributed by atoms with Crippen LogP contribution in [0.5, 0.6) is 5.75 Å². The van der Waals surface area contributed by atoms with E-state index in [-0.39, 0.29) is 24.0 Å². The smallest absolute Gasteiger partial charge is 0.363 e. The Balaban J connectivity index is 1.57.